The van der Waals surface area contributed by atoms with Crippen LogP contribution in [0.2, 0.25) is 0 Å². The summed E-state index contributed by atoms with van der Waals surface area (Å²) in [7, 11) is 0. The van der Waals surface area contributed by atoms with Crippen molar-refractivity contribution in [3.8, 4) is 11.1 Å². The predicted molar refractivity (Wildman–Crippen MR) is 120 cm³/mol. The zero-order chi connectivity index (χ0) is 22.8. The smallest absolute Gasteiger partial charge is 0.308 e. The van der Waals surface area contributed by atoms with Crippen LogP contribution < -0.4 is 10.6 Å². The summed E-state index contributed by atoms with van der Waals surface area (Å²) >= 11 is 2.16. The molecule has 0 spiro atoms. The first-order valence-electron chi connectivity index (χ1n) is 9.61. The van der Waals surface area contributed by atoms with E-state index in [-0.39, 0.29) is 23.7 Å². The van der Waals surface area contributed by atoms with Crippen LogP contribution in [-0.2, 0) is 6.18 Å². The maximum absolute atomic E-state index is 13.5. The number of halogens is 4. The molecule has 2 N–H and O–H groups in total. The van der Waals surface area contributed by atoms with Gasteiger partial charge in [0, 0.05) is 23.0 Å². The van der Waals surface area contributed by atoms with E-state index in [1.165, 1.54) is 28.6 Å². The van der Waals surface area contributed by atoms with Gasteiger partial charge >= 0.3 is 6.18 Å². The number of hydrogen-bond acceptors (Lipinski definition) is 4. The molecule has 3 aromatic heterocycles. The molecule has 0 radical (unpaired) electrons. The average molecular weight is 552 g/mol. The molecule has 1 amide bonds. The van der Waals surface area contributed by atoms with Gasteiger partial charge in [0.05, 0.1) is 24.5 Å². The quantitative estimate of drug-likeness (QED) is 0.378. The number of imidazole rings is 1. The molecule has 0 saturated heterocycles. The van der Waals surface area contributed by atoms with Crippen molar-refractivity contribution in [1.29, 1.82) is 0 Å². The van der Waals surface area contributed by atoms with Crippen molar-refractivity contribution in [3.63, 3.8) is 0 Å². The summed E-state index contributed by atoms with van der Waals surface area (Å²) in [4.78, 5) is 19.2. The van der Waals surface area contributed by atoms with Crippen molar-refractivity contribution in [3.05, 3.63) is 69.4 Å². The number of alkyl halides is 3. The molecule has 1 aliphatic heterocycles. The van der Waals surface area contributed by atoms with Gasteiger partial charge in [-0.15, -0.1) is 0 Å². The van der Waals surface area contributed by atoms with E-state index in [9.17, 15) is 18.0 Å². The number of aryl methyl sites for hydroxylation is 1. The van der Waals surface area contributed by atoms with Crippen molar-refractivity contribution < 1.29 is 18.0 Å². The van der Waals surface area contributed by atoms with Crippen molar-refractivity contribution in [2.24, 2.45) is 5.73 Å². The highest BCUT2D eigenvalue weighted by Gasteiger charge is 2.36. The van der Waals surface area contributed by atoms with Crippen LogP contribution in [-0.4, -0.2) is 31.6 Å². The second-order valence-electron chi connectivity index (χ2n) is 7.56. The monoisotopic (exact) mass is 552 g/mol. The van der Waals surface area contributed by atoms with Crippen LogP contribution in [0.3, 0.4) is 0 Å². The summed E-state index contributed by atoms with van der Waals surface area (Å²) in [6.45, 7) is 1.47. The molecular formula is C21H16F3IN6O. The topological polar surface area (TPSA) is 81.4 Å². The van der Waals surface area contributed by atoms with Crippen LogP contribution in [0.4, 0.5) is 18.9 Å². The summed E-state index contributed by atoms with van der Waals surface area (Å²) in [5, 5.41) is 4.32. The van der Waals surface area contributed by atoms with E-state index < -0.39 is 17.9 Å². The average Bonchev–Trinajstić information content (AvgIpc) is 3.34. The normalized spacial score (nSPS) is 16.6. The maximum Gasteiger partial charge on any atom is 0.416 e. The molecule has 5 rings (SSSR count). The van der Waals surface area contributed by atoms with Gasteiger partial charge in [-0.1, -0.05) is 0 Å². The van der Waals surface area contributed by atoms with Crippen molar-refractivity contribution in [2.45, 2.75) is 19.3 Å². The Morgan fingerprint density at radius 1 is 1.19 bits per heavy atom. The zero-order valence-electron chi connectivity index (χ0n) is 16.6. The zero-order valence-corrected chi connectivity index (χ0v) is 18.8. The molecule has 11 heteroatoms. The Labute approximate surface area is 193 Å². The molecule has 0 bridgehead atoms. The Morgan fingerprint density at radius 3 is 2.69 bits per heavy atom. The van der Waals surface area contributed by atoms with Crippen LogP contribution in [0.1, 0.15) is 27.8 Å². The van der Waals surface area contributed by atoms with Gasteiger partial charge in [0.25, 0.3) is 5.91 Å². The Bertz CT molecular complexity index is 1380. The number of nitrogens with two attached hydrogens (primary N) is 1. The molecule has 1 aromatic carbocycles. The van der Waals surface area contributed by atoms with E-state index >= 15 is 0 Å². The number of anilines is 1. The fourth-order valence-electron chi connectivity index (χ4n) is 3.98. The standard InChI is InChI=1S/C21H16F3IN6O/c1-11-6-13(3-4-15(11)21(22,23)24)29-10-17(26)31-19(20(29)32)14(7-28-31)12-2-5-18-27-8-16(25)30(18)9-12/h2-9,17H,10,26H2,1H3/t17-/m1/s1. The molecule has 164 valence electrons. The number of fused-ring (bicyclic) bond motifs is 2. The predicted octanol–water partition coefficient (Wildman–Crippen LogP) is 4.25. The van der Waals surface area contributed by atoms with Crippen molar-refractivity contribution in [2.75, 3.05) is 11.4 Å². The number of rotatable bonds is 2. The second-order valence-corrected chi connectivity index (χ2v) is 8.66. The third kappa shape index (κ3) is 3.26. The van der Waals surface area contributed by atoms with Gasteiger partial charge in [0.2, 0.25) is 0 Å². The first-order chi connectivity index (χ1) is 15.1. The fourth-order valence-corrected chi connectivity index (χ4v) is 4.51. The fraction of sp³-hybridized carbons (Fsp3) is 0.190. The summed E-state index contributed by atoms with van der Waals surface area (Å²) in [5.74, 6) is -0.376. The Balaban J connectivity index is 1.58. The number of pyridine rings is 1. The molecule has 1 atom stereocenters. The van der Waals surface area contributed by atoms with Gasteiger partial charge < -0.3 is 10.6 Å². The maximum atomic E-state index is 13.5. The van der Waals surface area contributed by atoms with E-state index in [0.717, 1.165) is 21.0 Å². The van der Waals surface area contributed by atoms with Crippen LogP contribution >= 0.6 is 22.6 Å². The lowest BCUT2D eigenvalue weighted by atomic mass is 10.0. The lowest BCUT2D eigenvalue weighted by molar-refractivity contribution is -0.138. The van der Waals surface area contributed by atoms with Gasteiger partial charge in [-0.25, -0.2) is 9.67 Å². The lowest BCUT2D eigenvalue weighted by Gasteiger charge is -2.32. The number of hydrogen-bond donors (Lipinski definition) is 1. The largest absolute Gasteiger partial charge is 0.416 e. The number of nitrogens with zero attached hydrogens (tertiary/aromatic N) is 5. The Kier molecular flexibility index (Phi) is 4.78. The molecule has 4 heterocycles. The third-order valence-corrected chi connectivity index (χ3v) is 6.32. The summed E-state index contributed by atoms with van der Waals surface area (Å²) < 4.78 is 43.7. The number of benzene rings is 1. The highest BCUT2D eigenvalue weighted by molar-refractivity contribution is 14.1. The van der Waals surface area contributed by atoms with Crippen molar-refractivity contribution in [1.82, 2.24) is 19.2 Å². The van der Waals surface area contributed by atoms with E-state index in [2.05, 4.69) is 32.7 Å². The first-order valence-corrected chi connectivity index (χ1v) is 10.7. The minimum atomic E-state index is -4.46. The highest BCUT2D eigenvalue weighted by Crippen LogP contribution is 2.36. The molecule has 0 saturated carbocycles. The SMILES string of the molecule is Cc1cc(N2C[C@H](N)n3ncc(-c4ccc5ncc(I)n5c4)c3C2=O)ccc1C(F)(F)F. The van der Waals surface area contributed by atoms with Gasteiger partial charge in [-0.05, 0) is 65.4 Å². The van der Waals surface area contributed by atoms with E-state index in [1.54, 1.807) is 12.4 Å². The Morgan fingerprint density at radius 2 is 1.97 bits per heavy atom. The molecule has 0 aliphatic carbocycles. The Hall–Kier alpha value is -2.93. The van der Waals surface area contributed by atoms with E-state index in [0.29, 0.717) is 11.3 Å². The molecule has 0 unspecified atom stereocenters. The minimum Gasteiger partial charge on any atom is -0.308 e. The molecule has 7 nitrogen and oxygen atoms in total. The van der Waals surface area contributed by atoms with Gasteiger partial charge in [0.15, 0.2) is 0 Å². The number of carbonyl (C=O) groups excluding carboxylic acids is 1. The summed E-state index contributed by atoms with van der Waals surface area (Å²) in [6.07, 6.45) is 0.0843. The molecule has 4 aromatic rings. The van der Waals surface area contributed by atoms with Gasteiger partial charge in [0.1, 0.15) is 21.2 Å². The molecule has 1 aliphatic rings. The summed E-state index contributed by atoms with van der Waals surface area (Å²) in [6, 6.07) is 7.33. The summed E-state index contributed by atoms with van der Waals surface area (Å²) in [5.41, 5.74) is 8.33. The third-order valence-electron chi connectivity index (χ3n) is 5.53. The van der Waals surface area contributed by atoms with Gasteiger partial charge in [-0.2, -0.15) is 18.3 Å². The number of carbonyl (C=O) groups is 1. The second kappa shape index (κ2) is 7.30. The molecule has 32 heavy (non-hydrogen) atoms. The molecular weight excluding hydrogens is 536 g/mol. The van der Waals surface area contributed by atoms with Gasteiger partial charge in [-0.3, -0.25) is 9.20 Å². The van der Waals surface area contributed by atoms with Crippen LogP contribution in [0.15, 0.2) is 48.9 Å². The molecule has 0 fully saturated rings. The van der Waals surface area contributed by atoms with Crippen LogP contribution in [0.5, 0.6) is 0 Å². The number of amides is 1. The lowest BCUT2D eigenvalue weighted by Crippen LogP contribution is -2.46. The van der Waals surface area contributed by atoms with E-state index in [4.69, 9.17) is 5.73 Å². The van der Waals surface area contributed by atoms with Crippen LogP contribution in [0.25, 0.3) is 16.8 Å². The van der Waals surface area contributed by atoms with Crippen LogP contribution in [0, 0.1) is 10.6 Å². The highest BCUT2D eigenvalue weighted by atomic mass is 127. The number of aromatic nitrogens is 4. The first kappa shape index (κ1) is 20.9. The van der Waals surface area contributed by atoms with E-state index in [1.807, 2.05) is 22.7 Å². The van der Waals surface area contributed by atoms with Crippen molar-refractivity contribution >= 4 is 39.8 Å². The minimum absolute atomic E-state index is 0.0378.